The Bertz CT molecular complexity index is 796. The van der Waals surface area contributed by atoms with Crippen LogP contribution in [0.3, 0.4) is 0 Å². The summed E-state index contributed by atoms with van der Waals surface area (Å²) >= 11 is 0. The molecule has 0 aliphatic carbocycles. The Morgan fingerprint density at radius 2 is 1.47 bits per heavy atom. The summed E-state index contributed by atoms with van der Waals surface area (Å²) in [5.74, 6) is -0.713. The van der Waals surface area contributed by atoms with Crippen LogP contribution in [0.25, 0.3) is 0 Å². The summed E-state index contributed by atoms with van der Waals surface area (Å²) in [7, 11) is -1.60. The first-order chi connectivity index (χ1) is 14.2. The number of rotatable bonds is 6. The average Bonchev–Trinajstić information content (AvgIpc) is 3.03. The number of carbonyl (C=O) groups excluding carboxylic acids is 1. The molecule has 2 aromatic carbocycles. The van der Waals surface area contributed by atoms with E-state index in [1.165, 1.54) is 7.11 Å². The molecule has 6 nitrogen and oxygen atoms in total. The number of benzene rings is 2. The molecule has 1 heterocycles. The van der Waals surface area contributed by atoms with Crippen LogP contribution in [0.1, 0.15) is 20.8 Å². The van der Waals surface area contributed by atoms with Crippen molar-refractivity contribution in [3.05, 3.63) is 60.7 Å². The lowest BCUT2D eigenvalue weighted by atomic mass is 10.1. The largest absolute Gasteiger partial charge is 0.467 e. The van der Waals surface area contributed by atoms with E-state index < -0.39 is 38.7 Å². The van der Waals surface area contributed by atoms with Crippen molar-refractivity contribution >= 4 is 24.7 Å². The van der Waals surface area contributed by atoms with E-state index in [0.29, 0.717) is 0 Å². The van der Waals surface area contributed by atoms with Gasteiger partial charge in [-0.3, -0.25) is 0 Å². The number of aliphatic hydroxyl groups is 2. The first-order valence-corrected chi connectivity index (χ1v) is 12.0. The second-order valence-corrected chi connectivity index (χ2v) is 12.9. The van der Waals surface area contributed by atoms with Gasteiger partial charge in [-0.15, -0.1) is 0 Å². The van der Waals surface area contributed by atoms with Gasteiger partial charge in [-0.2, -0.15) is 0 Å². The zero-order valence-electron chi connectivity index (χ0n) is 17.8. The quantitative estimate of drug-likeness (QED) is 0.530. The van der Waals surface area contributed by atoms with Gasteiger partial charge in [0.2, 0.25) is 0 Å². The molecule has 0 unspecified atom stereocenters. The van der Waals surface area contributed by atoms with Crippen LogP contribution >= 0.6 is 0 Å². The molecular weight excluding hydrogens is 400 g/mol. The van der Waals surface area contributed by atoms with Crippen molar-refractivity contribution in [3.8, 4) is 0 Å². The van der Waals surface area contributed by atoms with Gasteiger partial charge in [-0.05, 0) is 15.4 Å². The normalized spacial score (nSPS) is 24.6. The van der Waals surface area contributed by atoms with E-state index in [4.69, 9.17) is 9.16 Å². The molecule has 0 bridgehead atoms. The topological polar surface area (TPSA) is 85.2 Å². The predicted octanol–water partition coefficient (Wildman–Crippen LogP) is 1.23. The SMILES string of the molecule is COC(=O)[C@@H]1O[C@H](CO[Si](c2ccccc2)(c2ccccc2)C(C)(C)C)[C@@H](O)[C@H]1O. The summed E-state index contributed by atoms with van der Waals surface area (Å²) in [6.07, 6.45) is -4.67. The van der Waals surface area contributed by atoms with E-state index in [1.807, 2.05) is 36.4 Å². The lowest BCUT2D eigenvalue weighted by molar-refractivity contribution is -0.157. The average molecular weight is 431 g/mol. The van der Waals surface area contributed by atoms with Crippen LogP contribution in [0.4, 0.5) is 0 Å². The highest BCUT2D eigenvalue weighted by Gasteiger charge is 2.53. The van der Waals surface area contributed by atoms with Gasteiger partial charge in [0.15, 0.2) is 6.10 Å². The van der Waals surface area contributed by atoms with Crippen molar-refractivity contribution in [3.63, 3.8) is 0 Å². The Morgan fingerprint density at radius 1 is 0.967 bits per heavy atom. The van der Waals surface area contributed by atoms with Crippen molar-refractivity contribution < 1.29 is 28.9 Å². The van der Waals surface area contributed by atoms with Gasteiger partial charge >= 0.3 is 5.97 Å². The minimum Gasteiger partial charge on any atom is -0.467 e. The maximum absolute atomic E-state index is 11.9. The second kappa shape index (κ2) is 8.99. The molecule has 0 saturated carbocycles. The Kier molecular flexibility index (Phi) is 6.79. The second-order valence-electron chi connectivity index (χ2n) is 8.57. The molecule has 30 heavy (non-hydrogen) atoms. The number of esters is 1. The lowest BCUT2D eigenvalue weighted by Gasteiger charge is -2.43. The summed E-state index contributed by atoms with van der Waals surface area (Å²) in [6.45, 7) is 6.49. The minimum absolute atomic E-state index is 0.0407. The molecule has 2 N–H and O–H groups in total. The Morgan fingerprint density at radius 3 is 1.90 bits per heavy atom. The van der Waals surface area contributed by atoms with Gasteiger partial charge in [-0.25, -0.2) is 4.79 Å². The number of methoxy groups -OCH3 is 1. The number of carbonyl (C=O) groups is 1. The third-order valence-corrected chi connectivity index (χ3v) is 10.7. The molecule has 0 radical (unpaired) electrons. The van der Waals surface area contributed by atoms with Crippen molar-refractivity contribution in [1.29, 1.82) is 0 Å². The number of hydrogen-bond acceptors (Lipinski definition) is 6. The molecule has 0 amide bonds. The molecule has 7 heteroatoms. The molecule has 1 aliphatic heterocycles. The summed E-state index contributed by atoms with van der Waals surface area (Å²) in [5, 5.41) is 22.7. The monoisotopic (exact) mass is 430 g/mol. The summed E-state index contributed by atoms with van der Waals surface area (Å²) in [6, 6.07) is 20.2. The fourth-order valence-electron chi connectivity index (χ4n) is 4.17. The van der Waals surface area contributed by atoms with Crippen molar-refractivity contribution in [2.45, 2.75) is 50.2 Å². The standard InChI is InChI=1S/C23H30O6Si/c1-23(2,3)30(16-11-7-5-8-12-16,17-13-9-6-10-14-17)28-15-18-19(24)20(25)21(29-18)22(26)27-4/h5-14,18-21,24-25H,15H2,1-4H3/t18-,19-,20-,21-/m1/s1. The van der Waals surface area contributed by atoms with E-state index in [0.717, 1.165) is 10.4 Å². The molecule has 3 rings (SSSR count). The first-order valence-electron chi connectivity index (χ1n) is 10.1. The van der Waals surface area contributed by atoms with E-state index >= 15 is 0 Å². The summed E-state index contributed by atoms with van der Waals surface area (Å²) < 4.78 is 17.0. The van der Waals surface area contributed by atoms with Crippen molar-refractivity contribution in [2.75, 3.05) is 13.7 Å². The predicted molar refractivity (Wildman–Crippen MR) is 116 cm³/mol. The van der Waals surface area contributed by atoms with Gasteiger partial charge in [0.1, 0.15) is 18.3 Å². The highest BCUT2D eigenvalue weighted by Crippen LogP contribution is 2.37. The smallest absolute Gasteiger partial charge is 0.337 e. The van der Waals surface area contributed by atoms with E-state index in [9.17, 15) is 15.0 Å². The molecular formula is C23H30O6Si. The molecule has 2 aromatic rings. The van der Waals surface area contributed by atoms with Gasteiger partial charge in [0, 0.05) is 0 Å². The Hall–Kier alpha value is -2.03. The lowest BCUT2D eigenvalue weighted by Crippen LogP contribution is -2.67. The van der Waals surface area contributed by atoms with Crippen LogP contribution in [-0.4, -0.2) is 62.6 Å². The number of ether oxygens (including phenoxy) is 2. The third kappa shape index (κ3) is 4.08. The minimum atomic E-state index is -2.81. The van der Waals surface area contributed by atoms with Crippen LogP contribution in [0.2, 0.25) is 5.04 Å². The molecule has 1 aliphatic rings. The maximum atomic E-state index is 11.9. The summed E-state index contributed by atoms with van der Waals surface area (Å²) in [4.78, 5) is 11.9. The summed E-state index contributed by atoms with van der Waals surface area (Å²) in [5.41, 5.74) is 0. The van der Waals surface area contributed by atoms with Gasteiger partial charge in [-0.1, -0.05) is 81.4 Å². The van der Waals surface area contributed by atoms with Crippen LogP contribution < -0.4 is 10.4 Å². The van der Waals surface area contributed by atoms with Gasteiger partial charge in [0.25, 0.3) is 8.32 Å². The number of aliphatic hydroxyl groups excluding tert-OH is 2. The zero-order chi connectivity index (χ0) is 21.9. The van der Waals surface area contributed by atoms with Crippen molar-refractivity contribution in [1.82, 2.24) is 0 Å². The Balaban J connectivity index is 1.97. The Labute approximate surface area is 178 Å². The van der Waals surface area contributed by atoms with Crippen molar-refractivity contribution in [2.24, 2.45) is 0 Å². The van der Waals surface area contributed by atoms with E-state index in [1.54, 1.807) is 0 Å². The highest BCUT2D eigenvalue weighted by atomic mass is 28.4. The molecule has 162 valence electrons. The molecule has 4 atom stereocenters. The number of hydrogen-bond donors (Lipinski definition) is 2. The van der Waals surface area contributed by atoms with Gasteiger partial charge < -0.3 is 24.1 Å². The fourth-order valence-corrected chi connectivity index (χ4v) is 8.74. The van der Waals surface area contributed by atoms with Crippen LogP contribution in [0.15, 0.2) is 60.7 Å². The fraction of sp³-hybridized carbons (Fsp3) is 0.435. The molecule has 0 aromatic heterocycles. The zero-order valence-corrected chi connectivity index (χ0v) is 18.8. The molecule has 0 spiro atoms. The maximum Gasteiger partial charge on any atom is 0.337 e. The molecule has 1 fully saturated rings. The van der Waals surface area contributed by atoms with Gasteiger partial charge in [0.05, 0.1) is 13.7 Å². The van der Waals surface area contributed by atoms with Crippen LogP contribution in [0, 0.1) is 0 Å². The third-order valence-electron chi connectivity index (χ3n) is 5.68. The highest BCUT2D eigenvalue weighted by molar-refractivity contribution is 6.99. The van der Waals surface area contributed by atoms with Crippen LogP contribution in [-0.2, 0) is 18.7 Å². The van der Waals surface area contributed by atoms with E-state index in [2.05, 4.69) is 49.8 Å². The first kappa shape index (κ1) is 22.6. The van der Waals surface area contributed by atoms with Crippen LogP contribution in [0.5, 0.6) is 0 Å². The molecule has 1 saturated heterocycles. The van der Waals surface area contributed by atoms with E-state index in [-0.39, 0.29) is 11.6 Å².